The summed E-state index contributed by atoms with van der Waals surface area (Å²) in [5.41, 5.74) is 1.58. The minimum absolute atomic E-state index is 0.149. The minimum atomic E-state index is -0.149. The summed E-state index contributed by atoms with van der Waals surface area (Å²) in [6, 6.07) is 12.8. The first-order valence-corrected chi connectivity index (χ1v) is 10.7. The number of benzene rings is 2. The van der Waals surface area contributed by atoms with Gasteiger partial charge in [0.25, 0.3) is 0 Å². The van der Waals surface area contributed by atoms with Gasteiger partial charge in [0.05, 0.1) is 18.6 Å². The number of anilines is 1. The zero-order valence-corrected chi connectivity index (χ0v) is 18.6. The van der Waals surface area contributed by atoms with Crippen LogP contribution in [-0.2, 0) is 17.9 Å². The van der Waals surface area contributed by atoms with E-state index < -0.39 is 0 Å². The van der Waals surface area contributed by atoms with Gasteiger partial charge in [0.2, 0.25) is 5.91 Å². The molecule has 0 bridgehead atoms. The summed E-state index contributed by atoms with van der Waals surface area (Å²) in [4.78, 5) is 12.4. The first-order chi connectivity index (χ1) is 14.5. The first-order valence-electron chi connectivity index (χ1n) is 9.38. The predicted molar refractivity (Wildman–Crippen MR) is 119 cm³/mol. The fourth-order valence-electron chi connectivity index (χ4n) is 2.77. The smallest absolute Gasteiger partial charge is 0.234 e. The van der Waals surface area contributed by atoms with Crippen molar-refractivity contribution in [1.82, 2.24) is 14.8 Å². The number of carbonyl (C=O) groups excluding carboxylic acids is 1. The van der Waals surface area contributed by atoms with Gasteiger partial charge in [0.15, 0.2) is 11.0 Å². The molecule has 3 rings (SSSR count). The second-order valence-corrected chi connectivity index (χ2v) is 7.73. The van der Waals surface area contributed by atoms with Gasteiger partial charge in [-0.05, 0) is 49.7 Å². The fourth-order valence-corrected chi connectivity index (χ4v) is 3.71. The van der Waals surface area contributed by atoms with Gasteiger partial charge in [0.1, 0.15) is 18.1 Å². The lowest BCUT2D eigenvalue weighted by molar-refractivity contribution is -0.113. The topological polar surface area (TPSA) is 78.3 Å². The Balaban J connectivity index is 1.59. The Kier molecular flexibility index (Phi) is 7.59. The average Bonchev–Trinajstić information content (AvgIpc) is 3.15. The molecule has 0 atom stereocenters. The number of hydrogen-bond acceptors (Lipinski definition) is 6. The number of para-hydroxylation sites is 2. The van der Waals surface area contributed by atoms with Crippen molar-refractivity contribution < 1.29 is 14.3 Å². The fraction of sp³-hybridized carbons (Fsp3) is 0.286. The molecular weight excluding hydrogens is 424 g/mol. The highest BCUT2D eigenvalue weighted by molar-refractivity contribution is 7.99. The normalized spacial score (nSPS) is 10.7. The van der Waals surface area contributed by atoms with Crippen LogP contribution < -0.4 is 14.8 Å². The van der Waals surface area contributed by atoms with Crippen molar-refractivity contribution in [2.24, 2.45) is 0 Å². The molecule has 0 saturated carbocycles. The third-order valence-corrected chi connectivity index (χ3v) is 5.71. The lowest BCUT2D eigenvalue weighted by Crippen LogP contribution is -2.15. The zero-order chi connectivity index (χ0) is 21.5. The van der Waals surface area contributed by atoms with E-state index >= 15 is 0 Å². The van der Waals surface area contributed by atoms with E-state index in [0.717, 1.165) is 5.56 Å². The largest absolute Gasteiger partial charge is 0.495 e. The number of rotatable bonds is 9. The molecule has 0 aliphatic heterocycles. The SMILES string of the molecule is CCn1c(COc2ccc(Cl)c(C)c2)nnc1SCC(=O)Nc1ccccc1OC. The number of thioether (sulfide) groups is 1. The molecule has 0 aliphatic carbocycles. The Bertz CT molecular complexity index is 1030. The van der Waals surface area contributed by atoms with Crippen molar-refractivity contribution >= 4 is 35.0 Å². The number of hydrogen-bond donors (Lipinski definition) is 1. The molecule has 1 amide bonds. The number of aryl methyl sites for hydroxylation is 1. The lowest BCUT2D eigenvalue weighted by atomic mass is 10.2. The average molecular weight is 447 g/mol. The van der Waals surface area contributed by atoms with E-state index in [1.165, 1.54) is 11.8 Å². The summed E-state index contributed by atoms with van der Waals surface area (Å²) in [7, 11) is 1.57. The summed E-state index contributed by atoms with van der Waals surface area (Å²) < 4.78 is 13.0. The van der Waals surface area contributed by atoms with Crippen LogP contribution in [-0.4, -0.2) is 33.5 Å². The Morgan fingerprint density at radius 3 is 2.77 bits per heavy atom. The monoisotopic (exact) mass is 446 g/mol. The molecule has 0 saturated heterocycles. The molecule has 0 spiro atoms. The molecule has 30 heavy (non-hydrogen) atoms. The van der Waals surface area contributed by atoms with Gasteiger partial charge in [0, 0.05) is 11.6 Å². The molecule has 0 aliphatic rings. The van der Waals surface area contributed by atoms with Gasteiger partial charge in [-0.3, -0.25) is 4.79 Å². The zero-order valence-electron chi connectivity index (χ0n) is 17.0. The van der Waals surface area contributed by atoms with Crippen LogP contribution in [0.5, 0.6) is 11.5 Å². The van der Waals surface area contributed by atoms with Crippen LogP contribution in [0.3, 0.4) is 0 Å². The van der Waals surface area contributed by atoms with Crippen LogP contribution in [0.2, 0.25) is 5.02 Å². The van der Waals surface area contributed by atoms with Crippen LogP contribution in [0.1, 0.15) is 18.3 Å². The summed E-state index contributed by atoms with van der Waals surface area (Å²) in [6.07, 6.45) is 0. The quantitative estimate of drug-likeness (QED) is 0.485. The van der Waals surface area contributed by atoms with Gasteiger partial charge >= 0.3 is 0 Å². The van der Waals surface area contributed by atoms with Crippen molar-refractivity contribution in [2.45, 2.75) is 32.2 Å². The number of methoxy groups -OCH3 is 1. The number of ether oxygens (including phenoxy) is 2. The van der Waals surface area contributed by atoms with E-state index in [1.54, 1.807) is 25.3 Å². The molecule has 7 nitrogen and oxygen atoms in total. The molecule has 9 heteroatoms. The number of amides is 1. The minimum Gasteiger partial charge on any atom is -0.495 e. The number of nitrogens with one attached hydrogen (secondary N) is 1. The van der Waals surface area contributed by atoms with Crippen molar-refractivity contribution in [2.75, 3.05) is 18.2 Å². The third-order valence-electron chi connectivity index (χ3n) is 4.32. The molecule has 3 aromatic rings. The number of carbonyl (C=O) groups is 1. The Hall–Kier alpha value is -2.71. The van der Waals surface area contributed by atoms with Crippen molar-refractivity contribution in [3.8, 4) is 11.5 Å². The second kappa shape index (κ2) is 10.4. The molecule has 1 N–H and O–H groups in total. The van der Waals surface area contributed by atoms with Crippen molar-refractivity contribution in [3.63, 3.8) is 0 Å². The maximum atomic E-state index is 12.4. The van der Waals surface area contributed by atoms with Crippen molar-refractivity contribution in [3.05, 3.63) is 58.9 Å². The predicted octanol–water partition coefficient (Wildman–Crippen LogP) is 4.58. The summed E-state index contributed by atoms with van der Waals surface area (Å²) >= 11 is 7.38. The number of nitrogens with zero attached hydrogens (tertiary/aromatic N) is 3. The molecule has 1 aromatic heterocycles. The number of aromatic nitrogens is 3. The lowest BCUT2D eigenvalue weighted by Gasteiger charge is -2.11. The van der Waals surface area contributed by atoms with E-state index in [2.05, 4.69) is 15.5 Å². The molecular formula is C21H23ClN4O3S. The Labute approximate surface area is 184 Å². The van der Waals surface area contributed by atoms with E-state index in [1.807, 2.05) is 42.7 Å². The molecule has 0 unspecified atom stereocenters. The van der Waals surface area contributed by atoms with E-state index in [-0.39, 0.29) is 18.3 Å². The maximum Gasteiger partial charge on any atom is 0.234 e. The van der Waals surface area contributed by atoms with Gasteiger partial charge in [-0.2, -0.15) is 0 Å². The van der Waals surface area contributed by atoms with Gasteiger partial charge in [-0.15, -0.1) is 10.2 Å². The Morgan fingerprint density at radius 2 is 2.03 bits per heavy atom. The molecule has 2 aromatic carbocycles. The van der Waals surface area contributed by atoms with Crippen LogP contribution in [0.15, 0.2) is 47.6 Å². The summed E-state index contributed by atoms with van der Waals surface area (Å²) in [5, 5.41) is 12.7. The third kappa shape index (κ3) is 5.46. The van der Waals surface area contributed by atoms with Gasteiger partial charge < -0.3 is 19.4 Å². The van der Waals surface area contributed by atoms with Gasteiger partial charge in [-0.25, -0.2) is 0 Å². The standard InChI is InChI=1S/C21H23ClN4O3S/c1-4-26-19(12-29-15-9-10-16(22)14(2)11-15)24-25-21(26)30-13-20(27)23-17-7-5-6-8-18(17)28-3/h5-11H,4,12-13H2,1-3H3,(H,23,27). The molecule has 0 radical (unpaired) electrons. The molecule has 1 heterocycles. The van der Waals surface area contributed by atoms with Crippen molar-refractivity contribution in [1.29, 1.82) is 0 Å². The van der Waals surface area contributed by atoms with E-state index in [4.69, 9.17) is 21.1 Å². The highest BCUT2D eigenvalue weighted by atomic mass is 35.5. The maximum absolute atomic E-state index is 12.4. The van der Waals surface area contributed by atoms with Gasteiger partial charge in [-0.1, -0.05) is 35.5 Å². The summed E-state index contributed by atoms with van der Waals surface area (Å²) in [6.45, 7) is 4.87. The van der Waals surface area contributed by atoms with Crippen LogP contribution in [0.25, 0.3) is 0 Å². The van der Waals surface area contributed by atoms with Crippen LogP contribution in [0.4, 0.5) is 5.69 Å². The molecule has 0 fully saturated rings. The molecule has 158 valence electrons. The first kappa shape index (κ1) is 22.0. The number of halogens is 1. The highest BCUT2D eigenvalue weighted by Crippen LogP contribution is 2.25. The van der Waals surface area contributed by atoms with E-state index in [0.29, 0.717) is 39.7 Å². The van der Waals surface area contributed by atoms with Crippen LogP contribution >= 0.6 is 23.4 Å². The Morgan fingerprint density at radius 1 is 1.23 bits per heavy atom. The van der Waals surface area contributed by atoms with E-state index in [9.17, 15) is 4.79 Å². The summed E-state index contributed by atoms with van der Waals surface area (Å²) in [5.74, 6) is 2.08. The highest BCUT2D eigenvalue weighted by Gasteiger charge is 2.15. The second-order valence-electron chi connectivity index (χ2n) is 6.38. The van der Waals surface area contributed by atoms with Crippen LogP contribution in [0, 0.1) is 6.92 Å².